The molecule has 0 N–H and O–H groups in total. The fraction of sp³-hybridized carbons (Fsp3) is 0.263. The fourth-order valence-electron chi connectivity index (χ4n) is 3.30. The van der Waals surface area contributed by atoms with Crippen LogP contribution in [-0.4, -0.2) is 46.5 Å². The maximum absolute atomic E-state index is 13.9. The molecule has 0 saturated carbocycles. The Bertz CT molecular complexity index is 977. The van der Waals surface area contributed by atoms with Crippen LogP contribution in [0.15, 0.2) is 42.6 Å². The van der Waals surface area contributed by atoms with Gasteiger partial charge in [-0.05, 0) is 30.3 Å². The van der Waals surface area contributed by atoms with E-state index in [0.717, 1.165) is 17.1 Å². The van der Waals surface area contributed by atoms with Gasteiger partial charge in [-0.3, -0.25) is 4.79 Å². The van der Waals surface area contributed by atoms with Crippen LogP contribution in [0, 0.1) is 11.6 Å². The van der Waals surface area contributed by atoms with Gasteiger partial charge in [0.25, 0.3) is 5.91 Å². The molecule has 0 unspecified atom stereocenters. The third-order valence-corrected chi connectivity index (χ3v) is 4.75. The summed E-state index contributed by atoms with van der Waals surface area (Å²) in [5, 5.41) is 0.987. The Kier molecular flexibility index (Phi) is 4.06. The summed E-state index contributed by atoms with van der Waals surface area (Å²) in [5.74, 6) is -1.31. The standard InChI is InChI=1S/C19H18F2N4O/c1-23-7-6-13-2-4-16(22-18(13)23)19(26)25-10-8-24(9-11-25)17-5-3-14(20)12-15(17)21/h2-7,12H,8-11H2,1H3. The molecule has 5 nitrogen and oxygen atoms in total. The molecule has 0 atom stereocenters. The van der Waals surface area contributed by atoms with E-state index in [0.29, 0.717) is 37.6 Å². The Morgan fingerprint density at radius 2 is 1.81 bits per heavy atom. The van der Waals surface area contributed by atoms with Crippen molar-refractivity contribution in [2.75, 3.05) is 31.1 Å². The highest BCUT2D eigenvalue weighted by Gasteiger charge is 2.24. The third-order valence-electron chi connectivity index (χ3n) is 4.75. The van der Waals surface area contributed by atoms with E-state index in [1.54, 1.807) is 11.0 Å². The Morgan fingerprint density at radius 3 is 2.54 bits per heavy atom. The number of amides is 1. The molecule has 7 heteroatoms. The van der Waals surface area contributed by atoms with E-state index in [-0.39, 0.29) is 5.91 Å². The first-order chi connectivity index (χ1) is 12.5. The molecule has 1 fully saturated rings. The number of carbonyl (C=O) groups excluding carboxylic acids is 1. The first-order valence-corrected chi connectivity index (χ1v) is 8.44. The van der Waals surface area contributed by atoms with Gasteiger partial charge in [-0.1, -0.05) is 0 Å². The van der Waals surface area contributed by atoms with Gasteiger partial charge in [-0.15, -0.1) is 0 Å². The number of fused-ring (bicyclic) bond motifs is 1. The second-order valence-corrected chi connectivity index (χ2v) is 6.41. The summed E-state index contributed by atoms with van der Waals surface area (Å²) >= 11 is 0. The molecule has 26 heavy (non-hydrogen) atoms. The van der Waals surface area contributed by atoms with Crippen LogP contribution < -0.4 is 4.90 Å². The van der Waals surface area contributed by atoms with E-state index in [9.17, 15) is 13.6 Å². The number of aryl methyl sites for hydroxylation is 1. The van der Waals surface area contributed by atoms with E-state index in [2.05, 4.69) is 4.98 Å². The molecule has 3 heterocycles. The molecule has 1 aliphatic rings. The number of hydrogen-bond acceptors (Lipinski definition) is 3. The van der Waals surface area contributed by atoms with E-state index < -0.39 is 11.6 Å². The lowest BCUT2D eigenvalue weighted by atomic mass is 10.2. The van der Waals surface area contributed by atoms with Crippen LogP contribution in [0.25, 0.3) is 11.0 Å². The highest BCUT2D eigenvalue weighted by molar-refractivity contribution is 5.94. The maximum atomic E-state index is 13.9. The van der Waals surface area contributed by atoms with Crippen LogP contribution in [0.4, 0.5) is 14.5 Å². The molecule has 0 aliphatic carbocycles. The zero-order valence-electron chi connectivity index (χ0n) is 14.3. The highest BCUT2D eigenvalue weighted by atomic mass is 19.1. The van der Waals surface area contributed by atoms with E-state index in [4.69, 9.17) is 0 Å². The number of nitrogens with zero attached hydrogens (tertiary/aromatic N) is 4. The number of aromatic nitrogens is 2. The molecule has 2 aromatic heterocycles. The Balaban J connectivity index is 1.48. The lowest BCUT2D eigenvalue weighted by molar-refractivity contribution is 0.0741. The molecule has 1 saturated heterocycles. The van der Waals surface area contributed by atoms with E-state index >= 15 is 0 Å². The molecule has 0 bridgehead atoms. The second-order valence-electron chi connectivity index (χ2n) is 6.41. The minimum atomic E-state index is -0.595. The molecule has 1 aromatic carbocycles. The largest absolute Gasteiger partial charge is 0.366 e. The molecular weight excluding hydrogens is 338 g/mol. The van der Waals surface area contributed by atoms with E-state index in [1.807, 2.05) is 34.8 Å². The quantitative estimate of drug-likeness (QED) is 0.709. The lowest BCUT2D eigenvalue weighted by Gasteiger charge is -2.36. The SMILES string of the molecule is Cn1ccc2ccc(C(=O)N3CCN(c4ccc(F)cc4F)CC3)nc21. The minimum absolute atomic E-state index is 0.132. The zero-order chi connectivity index (χ0) is 18.3. The van der Waals surface area contributed by atoms with Crippen molar-refractivity contribution in [2.24, 2.45) is 7.05 Å². The van der Waals surface area contributed by atoms with E-state index in [1.165, 1.54) is 12.1 Å². The van der Waals surface area contributed by atoms with Gasteiger partial charge in [-0.25, -0.2) is 13.8 Å². The van der Waals surface area contributed by atoms with Crippen molar-refractivity contribution in [3.8, 4) is 0 Å². The predicted octanol–water partition coefficient (Wildman–Crippen LogP) is 2.81. The van der Waals surface area contributed by atoms with Gasteiger partial charge < -0.3 is 14.4 Å². The number of rotatable bonds is 2. The summed E-state index contributed by atoms with van der Waals surface area (Å²) in [6.07, 6.45) is 1.90. The van der Waals surface area contributed by atoms with Crippen LogP contribution in [0.1, 0.15) is 10.5 Å². The number of pyridine rings is 1. The summed E-state index contributed by atoms with van der Waals surface area (Å²) in [6.45, 7) is 1.90. The van der Waals surface area contributed by atoms with Gasteiger partial charge in [-0.2, -0.15) is 0 Å². The van der Waals surface area contributed by atoms with Crippen molar-refractivity contribution in [3.63, 3.8) is 0 Å². The van der Waals surface area contributed by atoms with Gasteiger partial charge in [0.15, 0.2) is 0 Å². The van der Waals surface area contributed by atoms with Crippen molar-refractivity contribution in [3.05, 3.63) is 59.9 Å². The van der Waals surface area contributed by atoms with Gasteiger partial charge >= 0.3 is 0 Å². The molecule has 3 aromatic rings. The monoisotopic (exact) mass is 356 g/mol. The first-order valence-electron chi connectivity index (χ1n) is 8.44. The molecule has 0 spiro atoms. The van der Waals surface area contributed by atoms with Gasteiger partial charge in [0.1, 0.15) is 23.0 Å². The molecule has 0 radical (unpaired) electrons. The average molecular weight is 356 g/mol. The molecule has 1 aliphatic heterocycles. The number of benzene rings is 1. The first kappa shape index (κ1) is 16.5. The summed E-state index contributed by atoms with van der Waals surface area (Å²) < 4.78 is 28.9. The fourth-order valence-corrected chi connectivity index (χ4v) is 3.30. The number of hydrogen-bond donors (Lipinski definition) is 0. The summed E-state index contributed by atoms with van der Waals surface area (Å²) in [4.78, 5) is 20.8. The van der Waals surface area contributed by atoms with Crippen LogP contribution in [0.5, 0.6) is 0 Å². The molecular formula is C19H18F2N4O. The third kappa shape index (κ3) is 2.89. The Morgan fingerprint density at radius 1 is 1.04 bits per heavy atom. The number of anilines is 1. The van der Waals surface area contributed by atoms with Crippen LogP contribution in [0.3, 0.4) is 0 Å². The van der Waals surface area contributed by atoms with Crippen molar-refractivity contribution in [1.82, 2.24) is 14.5 Å². The molecule has 4 rings (SSSR count). The number of halogens is 2. The number of piperazine rings is 1. The average Bonchev–Trinajstić information content (AvgIpc) is 3.02. The zero-order valence-corrected chi connectivity index (χ0v) is 14.3. The van der Waals surface area contributed by atoms with Crippen molar-refractivity contribution in [2.45, 2.75) is 0 Å². The van der Waals surface area contributed by atoms with Gasteiger partial charge in [0.05, 0.1) is 5.69 Å². The lowest BCUT2D eigenvalue weighted by Crippen LogP contribution is -2.49. The van der Waals surface area contributed by atoms with Crippen molar-refractivity contribution in [1.29, 1.82) is 0 Å². The van der Waals surface area contributed by atoms with Crippen LogP contribution >= 0.6 is 0 Å². The second kappa shape index (κ2) is 6.40. The summed E-state index contributed by atoms with van der Waals surface area (Å²) in [6, 6.07) is 9.14. The molecule has 1 amide bonds. The van der Waals surface area contributed by atoms with Crippen LogP contribution in [-0.2, 0) is 7.05 Å². The minimum Gasteiger partial charge on any atom is -0.366 e. The summed E-state index contributed by atoms with van der Waals surface area (Å²) in [7, 11) is 1.89. The smallest absolute Gasteiger partial charge is 0.272 e. The highest BCUT2D eigenvalue weighted by Crippen LogP contribution is 2.22. The maximum Gasteiger partial charge on any atom is 0.272 e. The Labute approximate surface area is 149 Å². The van der Waals surface area contributed by atoms with Gasteiger partial charge in [0.2, 0.25) is 0 Å². The summed E-state index contributed by atoms with van der Waals surface area (Å²) in [5.41, 5.74) is 1.53. The number of carbonyl (C=O) groups is 1. The van der Waals surface area contributed by atoms with Crippen molar-refractivity contribution >= 4 is 22.6 Å². The van der Waals surface area contributed by atoms with Gasteiger partial charge in [0, 0.05) is 50.9 Å². The molecule has 134 valence electrons. The van der Waals surface area contributed by atoms with Crippen LogP contribution in [0.2, 0.25) is 0 Å². The van der Waals surface area contributed by atoms with Crippen molar-refractivity contribution < 1.29 is 13.6 Å². The topological polar surface area (TPSA) is 41.4 Å². The Hall–Kier alpha value is -2.96. The normalized spacial score (nSPS) is 14.9. The predicted molar refractivity (Wildman–Crippen MR) is 95.2 cm³/mol.